The summed E-state index contributed by atoms with van der Waals surface area (Å²) >= 11 is 1.67. The van der Waals surface area contributed by atoms with Crippen LogP contribution in [0.2, 0.25) is 0 Å². The largest absolute Gasteiger partial charge is 0.361 e. The van der Waals surface area contributed by atoms with E-state index in [4.69, 9.17) is 0 Å². The number of rotatable bonds is 6. The summed E-state index contributed by atoms with van der Waals surface area (Å²) in [6.07, 6.45) is 0.982. The Kier molecular flexibility index (Phi) is 5.31. The van der Waals surface area contributed by atoms with Gasteiger partial charge < -0.3 is 10.2 Å². The van der Waals surface area contributed by atoms with Crippen molar-refractivity contribution in [3.8, 4) is 0 Å². The topological polar surface area (TPSA) is 75.5 Å². The van der Waals surface area contributed by atoms with E-state index in [0.717, 1.165) is 13.0 Å². The lowest BCUT2D eigenvalue weighted by Crippen LogP contribution is -2.37. The number of nitro groups is 1. The Bertz CT molecular complexity index is 1050. The molecule has 0 unspecified atom stereocenters. The van der Waals surface area contributed by atoms with Crippen LogP contribution in [0.4, 0.5) is 11.4 Å². The lowest BCUT2D eigenvalue weighted by molar-refractivity contribution is -0.385. The Morgan fingerprint density at radius 1 is 1.24 bits per heavy atom. The first-order valence-corrected chi connectivity index (χ1v) is 10.3. The fraction of sp³-hybridized carbons (Fsp3) is 0.227. The number of carbonyl (C=O) groups excluding carboxylic acids is 1. The van der Waals surface area contributed by atoms with Crippen LogP contribution in [0.15, 0.2) is 60.0 Å². The molecule has 2 aromatic carbocycles. The van der Waals surface area contributed by atoms with Crippen molar-refractivity contribution in [3.05, 3.63) is 91.7 Å². The number of aryl methyl sites for hydroxylation is 1. The smallest absolute Gasteiger partial charge is 0.273 e. The minimum atomic E-state index is -0.457. The number of fused-ring (bicyclic) bond motifs is 1. The normalized spacial score (nSPS) is 13.8. The molecule has 7 heteroatoms. The van der Waals surface area contributed by atoms with E-state index in [9.17, 15) is 14.9 Å². The van der Waals surface area contributed by atoms with Gasteiger partial charge in [-0.25, -0.2) is 0 Å². The number of nitro benzene ring substituents is 1. The van der Waals surface area contributed by atoms with Crippen molar-refractivity contribution in [2.24, 2.45) is 0 Å². The van der Waals surface area contributed by atoms with Crippen LogP contribution in [-0.2, 0) is 6.42 Å². The van der Waals surface area contributed by atoms with Gasteiger partial charge >= 0.3 is 0 Å². The number of nitrogens with one attached hydrogen (secondary N) is 1. The van der Waals surface area contributed by atoms with Gasteiger partial charge in [0.05, 0.1) is 11.0 Å². The van der Waals surface area contributed by atoms with Gasteiger partial charge in [0.25, 0.3) is 11.6 Å². The molecule has 0 saturated carbocycles. The van der Waals surface area contributed by atoms with Crippen LogP contribution >= 0.6 is 11.3 Å². The number of thiophene rings is 1. The highest BCUT2D eigenvalue weighted by Gasteiger charge is 2.28. The predicted octanol–water partition coefficient (Wildman–Crippen LogP) is 4.50. The van der Waals surface area contributed by atoms with Gasteiger partial charge in [0.1, 0.15) is 0 Å². The third kappa shape index (κ3) is 3.86. The minimum Gasteiger partial charge on any atom is -0.361 e. The summed E-state index contributed by atoms with van der Waals surface area (Å²) in [5.74, 6) is -0.304. The molecule has 1 aliphatic rings. The van der Waals surface area contributed by atoms with Crippen molar-refractivity contribution in [3.63, 3.8) is 0 Å². The van der Waals surface area contributed by atoms with E-state index >= 15 is 0 Å². The van der Waals surface area contributed by atoms with Crippen molar-refractivity contribution in [1.82, 2.24) is 5.32 Å². The molecule has 148 valence electrons. The molecule has 2 heterocycles. The highest BCUT2D eigenvalue weighted by molar-refractivity contribution is 7.10. The van der Waals surface area contributed by atoms with E-state index in [1.165, 1.54) is 22.2 Å². The lowest BCUT2D eigenvalue weighted by Gasteiger charge is -2.30. The summed E-state index contributed by atoms with van der Waals surface area (Å²) in [6, 6.07) is 17.0. The summed E-state index contributed by atoms with van der Waals surface area (Å²) in [4.78, 5) is 26.9. The molecule has 1 aliphatic heterocycles. The van der Waals surface area contributed by atoms with E-state index in [1.807, 2.05) is 17.5 Å². The van der Waals surface area contributed by atoms with Crippen molar-refractivity contribution in [2.45, 2.75) is 19.4 Å². The third-order valence-corrected chi connectivity index (χ3v) is 6.27. The van der Waals surface area contributed by atoms with Gasteiger partial charge in [-0.2, -0.15) is 0 Å². The average Bonchev–Trinajstić information content (AvgIpc) is 3.39. The second kappa shape index (κ2) is 8.05. The molecule has 1 atom stereocenters. The van der Waals surface area contributed by atoms with E-state index in [2.05, 4.69) is 34.5 Å². The highest BCUT2D eigenvalue weighted by Crippen LogP contribution is 2.36. The number of hydrogen-bond acceptors (Lipinski definition) is 5. The van der Waals surface area contributed by atoms with E-state index in [1.54, 1.807) is 30.4 Å². The van der Waals surface area contributed by atoms with Gasteiger partial charge in [-0.3, -0.25) is 14.9 Å². The van der Waals surface area contributed by atoms with Crippen molar-refractivity contribution in [2.75, 3.05) is 18.0 Å². The van der Waals surface area contributed by atoms with Crippen LogP contribution in [0.25, 0.3) is 0 Å². The molecule has 6 nitrogen and oxygen atoms in total. The molecule has 0 spiro atoms. The number of nitrogens with zero attached hydrogens (tertiary/aromatic N) is 2. The zero-order valence-electron chi connectivity index (χ0n) is 16.0. The first-order chi connectivity index (χ1) is 14.0. The third-order valence-electron chi connectivity index (χ3n) is 5.29. The summed E-state index contributed by atoms with van der Waals surface area (Å²) in [5, 5.41) is 16.2. The van der Waals surface area contributed by atoms with Gasteiger partial charge in [0.15, 0.2) is 0 Å². The van der Waals surface area contributed by atoms with Crippen LogP contribution in [0.1, 0.15) is 32.4 Å². The van der Waals surface area contributed by atoms with Gasteiger partial charge in [0.2, 0.25) is 0 Å². The summed E-state index contributed by atoms with van der Waals surface area (Å²) < 4.78 is 0. The summed E-state index contributed by atoms with van der Waals surface area (Å²) in [6.45, 7) is 2.99. The van der Waals surface area contributed by atoms with Crippen LogP contribution in [0.5, 0.6) is 0 Å². The Hall–Kier alpha value is -3.19. The van der Waals surface area contributed by atoms with Crippen molar-refractivity contribution in [1.29, 1.82) is 0 Å². The number of amides is 1. The van der Waals surface area contributed by atoms with Crippen LogP contribution in [-0.4, -0.2) is 23.9 Å². The molecule has 0 radical (unpaired) electrons. The Balaban J connectivity index is 1.55. The number of benzene rings is 2. The maximum absolute atomic E-state index is 12.7. The summed E-state index contributed by atoms with van der Waals surface area (Å²) in [7, 11) is 0. The second-order valence-electron chi connectivity index (χ2n) is 7.07. The predicted molar refractivity (Wildman–Crippen MR) is 115 cm³/mol. The van der Waals surface area contributed by atoms with Crippen molar-refractivity contribution >= 4 is 28.6 Å². The quantitative estimate of drug-likeness (QED) is 0.482. The van der Waals surface area contributed by atoms with Crippen LogP contribution in [0.3, 0.4) is 0 Å². The molecule has 0 saturated heterocycles. The molecule has 0 aliphatic carbocycles. The van der Waals surface area contributed by atoms with E-state index < -0.39 is 4.92 Å². The molecule has 4 rings (SSSR count). The van der Waals surface area contributed by atoms with Crippen molar-refractivity contribution < 1.29 is 9.72 Å². The first-order valence-electron chi connectivity index (χ1n) is 9.46. The second-order valence-corrected chi connectivity index (χ2v) is 8.05. The number of hydrogen-bond donors (Lipinski definition) is 1. The Morgan fingerprint density at radius 2 is 2.07 bits per heavy atom. The monoisotopic (exact) mass is 407 g/mol. The average molecular weight is 407 g/mol. The maximum Gasteiger partial charge on any atom is 0.273 e. The fourth-order valence-corrected chi connectivity index (χ4v) is 4.61. The molecule has 0 bridgehead atoms. The molecule has 3 aromatic rings. The molecular formula is C22H21N3O3S. The van der Waals surface area contributed by atoms with Crippen LogP contribution in [0, 0.1) is 17.0 Å². The number of carbonyl (C=O) groups is 1. The van der Waals surface area contributed by atoms with Gasteiger partial charge in [-0.05, 0) is 42.5 Å². The standard InChI is InChI=1S/C22H21N3O3S/c1-15-8-9-17(13-19(15)25(27)28)22(26)23-14-20(21-7-4-12-29-21)24-11-10-16-5-2-3-6-18(16)24/h2-9,12-13,20H,10-11,14H2,1H3,(H,23,26)/t20-/m1/s1. The van der Waals surface area contributed by atoms with Gasteiger partial charge in [-0.1, -0.05) is 30.3 Å². The number of para-hydroxylation sites is 1. The zero-order valence-corrected chi connectivity index (χ0v) is 16.8. The van der Waals surface area contributed by atoms with E-state index in [-0.39, 0.29) is 17.6 Å². The number of anilines is 1. The fourth-order valence-electron chi connectivity index (χ4n) is 3.77. The van der Waals surface area contributed by atoms with Gasteiger partial charge in [0, 0.05) is 40.8 Å². The molecule has 1 amide bonds. The Morgan fingerprint density at radius 3 is 2.83 bits per heavy atom. The molecule has 1 aromatic heterocycles. The molecule has 29 heavy (non-hydrogen) atoms. The molecule has 1 N–H and O–H groups in total. The lowest BCUT2D eigenvalue weighted by atomic mass is 10.1. The van der Waals surface area contributed by atoms with Gasteiger partial charge in [-0.15, -0.1) is 11.3 Å². The van der Waals surface area contributed by atoms with Crippen LogP contribution < -0.4 is 10.2 Å². The SMILES string of the molecule is Cc1ccc(C(=O)NC[C@H](c2cccs2)N2CCc3ccccc32)cc1[N+](=O)[O-]. The molecular weight excluding hydrogens is 386 g/mol. The first kappa shape index (κ1) is 19.1. The summed E-state index contributed by atoms with van der Waals surface area (Å²) in [5.41, 5.74) is 3.31. The van der Waals surface area contributed by atoms with E-state index in [0.29, 0.717) is 17.7 Å². The zero-order chi connectivity index (χ0) is 20.4. The maximum atomic E-state index is 12.7. The highest BCUT2D eigenvalue weighted by atomic mass is 32.1. The molecule has 0 fully saturated rings. The minimum absolute atomic E-state index is 0.0167. The Labute approximate surface area is 172 Å².